The Hall–Kier alpha value is -2.60. The zero-order valence-corrected chi connectivity index (χ0v) is 13.9. The van der Waals surface area contributed by atoms with Gasteiger partial charge in [0.05, 0.1) is 11.4 Å². The highest BCUT2D eigenvalue weighted by atomic mass is 32.2. The fourth-order valence-corrected chi connectivity index (χ4v) is 3.12. The van der Waals surface area contributed by atoms with Gasteiger partial charge in [-0.25, -0.2) is 0 Å². The molecule has 24 heavy (non-hydrogen) atoms. The van der Waals surface area contributed by atoms with E-state index in [1.165, 1.54) is 4.90 Å². The number of rotatable bonds is 4. The van der Waals surface area contributed by atoms with Crippen LogP contribution in [0.1, 0.15) is 23.2 Å². The first-order valence-electron chi connectivity index (χ1n) is 7.50. The lowest BCUT2D eigenvalue weighted by molar-refractivity contribution is -0.121. The standard InChI is InChI=1S/C18H16N2O3S/c1-24-15-5-3-2-4-14(15)19-18(23)12-6-8-13(9-7-12)20-16(21)10-11-17(20)22/h2-9H,10-11H2,1H3,(H,19,23). The van der Waals surface area contributed by atoms with Gasteiger partial charge < -0.3 is 5.32 Å². The molecule has 0 radical (unpaired) electrons. The van der Waals surface area contributed by atoms with Gasteiger partial charge in [-0.05, 0) is 42.7 Å². The number of amides is 3. The van der Waals surface area contributed by atoms with Gasteiger partial charge in [0.15, 0.2) is 0 Å². The second-order valence-electron chi connectivity index (χ2n) is 5.32. The van der Waals surface area contributed by atoms with Gasteiger partial charge in [0.1, 0.15) is 0 Å². The Labute approximate surface area is 144 Å². The molecule has 3 amide bonds. The van der Waals surface area contributed by atoms with Crippen LogP contribution in [0, 0.1) is 0 Å². The maximum absolute atomic E-state index is 12.4. The third kappa shape index (κ3) is 3.19. The Bertz CT molecular complexity index is 786. The highest BCUT2D eigenvalue weighted by molar-refractivity contribution is 7.98. The second-order valence-corrected chi connectivity index (χ2v) is 6.17. The molecule has 3 rings (SSSR count). The minimum Gasteiger partial charge on any atom is -0.321 e. The normalized spacial score (nSPS) is 14.1. The zero-order chi connectivity index (χ0) is 17.1. The largest absolute Gasteiger partial charge is 0.321 e. The molecule has 1 heterocycles. The SMILES string of the molecule is CSc1ccccc1NC(=O)c1ccc(N2C(=O)CCC2=O)cc1. The van der Waals surface area contributed by atoms with E-state index in [-0.39, 0.29) is 30.6 Å². The predicted molar refractivity (Wildman–Crippen MR) is 94.3 cm³/mol. The first kappa shape index (κ1) is 16.3. The molecular weight excluding hydrogens is 324 g/mol. The Kier molecular flexibility index (Phi) is 4.66. The molecule has 1 aliphatic heterocycles. The molecule has 122 valence electrons. The van der Waals surface area contributed by atoms with Crippen LogP contribution in [0.5, 0.6) is 0 Å². The quantitative estimate of drug-likeness (QED) is 0.685. The van der Waals surface area contributed by atoms with E-state index in [1.807, 2.05) is 30.5 Å². The second kappa shape index (κ2) is 6.88. The van der Waals surface area contributed by atoms with Gasteiger partial charge in [0.2, 0.25) is 11.8 Å². The fraction of sp³-hybridized carbons (Fsp3) is 0.167. The van der Waals surface area contributed by atoms with E-state index >= 15 is 0 Å². The van der Waals surface area contributed by atoms with Crippen molar-refractivity contribution in [3.05, 3.63) is 54.1 Å². The number of nitrogens with zero attached hydrogens (tertiary/aromatic N) is 1. The van der Waals surface area contributed by atoms with E-state index in [0.29, 0.717) is 11.3 Å². The number of carbonyl (C=O) groups excluding carboxylic acids is 3. The summed E-state index contributed by atoms with van der Waals surface area (Å²) >= 11 is 1.56. The van der Waals surface area contributed by atoms with Crippen LogP contribution in [0.4, 0.5) is 11.4 Å². The lowest BCUT2D eigenvalue weighted by Crippen LogP contribution is -2.28. The summed E-state index contributed by atoms with van der Waals surface area (Å²) < 4.78 is 0. The van der Waals surface area contributed by atoms with Gasteiger partial charge in [0, 0.05) is 23.3 Å². The van der Waals surface area contributed by atoms with Crippen LogP contribution in [0.25, 0.3) is 0 Å². The molecule has 2 aromatic rings. The molecule has 0 unspecified atom stereocenters. The molecule has 0 saturated carbocycles. The van der Waals surface area contributed by atoms with Gasteiger partial charge in [-0.3, -0.25) is 19.3 Å². The van der Waals surface area contributed by atoms with Crippen molar-refractivity contribution in [3.8, 4) is 0 Å². The van der Waals surface area contributed by atoms with Gasteiger partial charge in [0.25, 0.3) is 5.91 Å². The molecule has 0 aliphatic carbocycles. The zero-order valence-electron chi connectivity index (χ0n) is 13.1. The lowest BCUT2D eigenvalue weighted by atomic mass is 10.1. The predicted octanol–water partition coefficient (Wildman–Crippen LogP) is 3.31. The van der Waals surface area contributed by atoms with Crippen molar-refractivity contribution < 1.29 is 14.4 Å². The number of para-hydroxylation sites is 1. The van der Waals surface area contributed by atoms with Crippen LogP contribution < -0.4 is 10.2 Å². The molecule has 1 aliphatic rings. The van der Waals surface area contributed by atoms with Crippen molar-refractivity contribution in [3.63, 3.8) is 0 Å². The summed E-state index contributed by atoms with van der Waals surface area (Å²) in [6, 6.07) is 14.0. The van der Waals surface area contributed by atoms with Gasteiger partial charge in [-0.1, -0.05) is 12.1 Å². The third-order valence-corrected chi connectivity index (χ3v) is 4.59. The van der Waals surface area contributed by atoms with Crippen molar-refractivity contribution in [2.24, 2.45) is 0 Å². The van der Waals surface area contributed by atoms with Crippen LogP contribution in [0.3, 0.4) is 0 Å². The first-order chi connectivity index (χ1) is 11.6. The van der Waals surface area contributed by atoms with E-state index in [9.17, 15) is 14.4 Å². The molecule has 1 saturated heterocycles. The first-order valence-corrected chi connectivity index (χ1v) is 8.73. The number of anilines is 2. The minimum absolute atomic E-state index is 0.203. The van der Waals surface area contributed by atoms with Gasteiger partial charge >= 0.3 is 0 Å². The van der Waals surface area contributed by atoms with Crippen molar-refractivity contribution in [1.82, 2.24) is 0 Å². The summed E-state index contributed by atoms with van der Waals surface area (Å²) in [4.78, 5) is 38.0. The number of carbonyl (C=O) groups is 3. The van der Waals surface area contributed by atoms with Crippen LogP contribution in [-0.2, 0) is 9.59 Å². The Morgan fingerprint density at radius 3 is 2.25 bits per heavy atom. The molecule has 0 aromatic heterocycles. The van der Waals surface area contributed by atoms with Crippen molar-refractivity contribution >= 4 is 40.9 Å². The van der Waals surface area contributed by atoms with Crippen molar-refractivity contribution in [2.75, 3.05) is 16.5 Å². The molecule has 0 atom stereocenters. The molecular formula is C18H16N2O3S. The van der Waals surface area contributed by atoms with Gasteiger partial charge in [-0.2, -0.15) is 0 Å². The number of benzene rings is 2. The van der Waals surface area contributed by atoms with Crippen LogP contribution >= 0.6 is 11.8 Å². The fourth-order valence-electron chi connectivity index (χ4n) is 2.57. The third-order valence-electron chi connectivity index (χ3n) is 3.79. The molecule has 2 aromatic carbocycles. The smallest absolute Gasteiger partial charge is 0.255 e. The summed E-state index contributed by atoms with van der Waals surface area (Å²) in [6.07, 6.45) is 2.43. The average Bonchev–Trinajstić information content (AvgIpc) is 2.94. The number of imide groups is 1. The molecule has 6 heteroatoms. The summed E-state index contributed by atoms with van der Waals surface area (Å²) in [5, 5.41) is 2.88. The lowest BCUT2D eigenvalue weighted by Gasteiger charge is -2.14. The van der Waals surface area contributed by atoms with E-state index in [1.54, 1.807) is 36.0 Å². The highest BCUT2D eigenvalue weighted by Gasteiger charge is 2.30. The van der Waals surface area contributed by atoms with Gasteiger partial charge in [-0.15, -0.1) is 11.8 Å². The maximum Gasteiger partial charge on any atom is 0.255 e. The number of hydrogen-bond donors (Lipinski definition) is 1. The van der Waals surface area contributed by atoms with Crippen LogP contribution in [0.2, 0.25) is 0 Å². The van der Waals surface area contributed by atoms with Crippen molar-refractivity contribution in [2.45, 2.75) is 17.7 Å². The Morgan fingerprint density at radius 1 is 1.00 bits per heavy atom. The topological polar surface area (TPSA) is 66.5 Å². The highest BCUT2D eigenvalue weighted by Crippen LogP contribution is 2.26. The summed E-state index contributed by atoms with van der Waals surface area (Å²) in [6.45, 7) is 0. The number of thioether (sulfide) groups is 1. The number of hydrogen-bond acceptors (Lipinski definition) is 4. The van der Waals surface area contributed by atoms with E-state index in [2.05, 4.69) is 5.32 Å². The Morgan fingerprint density at radius 2 is 1.62 bits per heavy atom. The van der Waals surface area contributed by atoms with Crippen LogP contribution in [0.15, 0.2) is 53.4 Å². The average molecular weight is 340 g/mol. The molecule has 1 fully saturated rings. The minimum atomic E-state index is -0.234. The maximum atomic E-state index is 12.4. The molecule has 5 nitrogen and oxygen atoms in total. The summed E-state index contributed by atoms with van der Waals surface area (Å²) in [5.41, 5.74) is 1.72. The number of nitrogens with one attached hydrogen (secondary N) is 1. The van der Waals surface area contributed by atoms with Crippen molar-refractivity contribution in [1.29, 1.82) is 0 Å². The van der Waals surface area contributed by atoms with E-state index < -0.39 is 0 Å². The summed E-state index contributed by atoms with van der Waals surface area (Å²) in [5.74, 6) is -0.640. The van der Waals surface area contributed by atoms with E-state index in [4.69, 9.17) is 0 Å². The molecule has 0 spiro atoms. The van der Waals surface area contributed by atoms with E-state index in [0.717, 1.165) is 10.6 Å². The monoisotopic (exact) mass is 340 g/mol. The Balaban J connectivity index is 1.77. The molecule has 0 bridgehead atoms. The van der Waals surface area contributed by atoms with Crippen LogP contribution in [-0.4, -0.2) is 24.0 Å². The summed E-state index contributed by atoms with van der Waals surface area (Å²) in [7, 11) is 0. The molecule has 1 N–H and O–H groups in total.